The Morgan fingerprint density at radius 2 is 1.24 bits per heavy atom. The molecule has 0 spiro atoms. The summed E-state index contributed by atoms with van der Waals surface area (Å²) in [6.07, 6.45) is 18.3. The van der Waals surface area contributed by atoms with Crippen LogP contribution in [-0.2, 0) is 0 Å². The van der Waals surface area contributed by atoms with Gasteiger partial charge in [-0.15, -0.1) is 0 Å². The summed E-state index contributed by atoms with van der Waals surface area (Å²) in [6, 6.07) is 13.7. The molecule has 2 aliphatic rings. The number of furan rings is 1. The van der Waals surface area contributed by atoms with Crippen LogP contribution in [0.1, 0.15) is 40.5 Å². The van der Waals surface area contributed by atoms with Crippen LogP contribution in [0.15, 0.2) is 87.9 Å². The molecule has 0 amide bonds. The van der Waals surface area contributed by atoms with Gasteiger partial charge in [-0.2, -0.15) is 0 Å². The molecule has 0 bridgehead atoms. The van der Waals surface area contributed by atoms with Crippen molar-refractivity contribution in [1.82, 2.24) is 0 Å². The van der Waals surface area contributed by atoms with Crippen molar-refractivity contribution in [3.8, 4) is 0 Å². The van der Waals surface area contributed by atoms with E-state index in [1.807, 2.05) is 0 Å². The molecule has 2 aliphatic carbocycles. The lowest BCUT2D eigenvalue weighted by atomic mass is 10.1. The lowest BCUT2D eigenvalue weighted by Gasteiger charge is -2.22. The molecular weight excluding hydrogens is 438 g/mol. The van der Waals surface area contributed by atoms with Gasteiger partial charge in [0.2, 0.25) is 0 Å². The van der Waals surface area contributed by atoms with Gasteiger partial charge in [0.15, 0.2) is 0 Å². The molecule has 3 aromatic rings. The second kappa shape index (κ2) is 9.74. The van der Waals surface area contributed by atoms with Gasteiger partial charge in [-0.05, 0) is 55.6 Å². The van der Waals surface area contributed by atoms with E-state index >= 15 is 0 Å². The van der Waals surface area contributed by atoms with E-state index in [1.54, 1.807) is 0 Å². The lowest BCUT2D eigenvalue weighted by Crippen LogP contribution is -2.13. The average Bonchev–Trinajstić information content (AvgIpc) is 3.54. The zero-order valence-corrected chi connectivity index (χ0v) is 22.0. The molecule has 0 saturated heterocycles. The highest BCUT2D eigenvalue weighted by Gasteiger charge is 2.27. The maximum atomic E-state index is 6.90. The first kappa shape index (κ1) is 22.8. The second-order valence-corrected chi connectivity index (χ2v) is 14.6. The lowest BCUT2D eigenvalue weighted by molar-refractivity contribution is 0.673. The largest absolute Gasteiger partial charge is 0.455 e. The van der Waals surface area contributed by atoms with Crippen LogP contribution in [0.2, 0.25) is 0 Å². The highest BCUT2D eigenvalue weighted by Crippen LogP contribution is 2.57. The first-order valence-electron chi connectivity index (χ1n) is 12.2. The Bertz CT molecular complexity index is 1250. The molecule has 3 heteroatoms. The first-order valence-corrected chi connectivity index (χ1v) is 15.3. The standard InChI is InChI=1S/C30H34OP2/c1-21(2)19-32(20-22(3)4)27-17-9-15-25-26-16-10-18-28(30(26)31-29(25)27)33(23-11-5-6-12-23)24-13-7-8-14-24/h5-11,13,15-18,21-22H,12,14,19-20H2,1-4H3. The van der Waals surface area contributed by atoms with E-state index in [0.717, 1.165) is 24.0 Å². The number of hydrogen-bond donors (Lipinski definition) is 0. The van der Waals surface area contributed by atoms with Crippen molar-refractivity contribution in [2.45, 2.75) is 40.5 Å². The van der Waals surface area contributed by atoms with E-state index in [2.05, 4.69) is 101 Å². The third-order valence-corrected chi connectivity index (χ3v) is 12.3. The van der Waals surface area contributed by atoms with Crippen LogP contribution in [0, 0.1) is 11.8 Å². The Hall–Kier alpha value is -1.94. The van der Waals surface area contributed by atoms with E-state index in [1.165, 1.54) is 44.3 Å². The third-order valence-electron chi connectivity index (χ3n) is 6.31. The van der Waals surface area contributed by atoms with Crippen molar-refractivity contribution >= 4 is 48.4 Å². The molecule has 33 heavy (non-hydrogen) atoms. The molecule has 0 fully saturated rings. The van der Waals surface area contributed by atoms with Crippen LogP contribution in [0.5, 0.6) is 0 Å². The normalized spacial score (nSPS) is 15.9. The molecule has 170 valence electrons. The third kappa shape index (κ3) is 4.56. The molecule has 0 radical (unpaired) electrons. The van der Waals surface area contributed by atoms with Gasteiger partial charge in [-0.1, -0.05) is 108 Å². The van der Waals surface area contributed by atoms with E-state index in [0.29, 0.717) is 11.8 Å². The molecule has 0 atom stereocenters. The number of rotatable bonds is 8. The van der Waals surface area contributed by atoms with E-state index < -0.39 is 7.92 Å². The molecule has 0 saturated carbocycles. The number of hydrogen-bond acceptors (Lipinski definition) is 1. The zero-order chi connectivity index (χ0) is 22.9. The molecule has 0 aliphatic heterocycles. The van der Waals surface area contributed by atoms with Gasteiger partial charge in [0, 0.05) is 21.4 Å². The van der Waals surface area contributed by atoms with Crippen LogP contribution in [0.3, 0.4) is 0 Å². The fourth-order valence-corrected chi connectivity index (χ4v) is 10.8. The van der Waals surface area contributed by atoms with Crippen molar-refractivity contribution in [3.05, 3.63) is 83.5 Å². The summed E-state index contributed by atoms with van der Waals surface area (Å²) in [6.45, 7) is 9.41. The van der Waals surface area contributed by atoms with Crippen molar-refractivity contribution in [1.29, 1.82) is 0 Å². The molecule has 1 nitrogen and oxygen atoms in total. The fraction of sp³-hybridized carbons (Fsp3) is 0.333. The van der Waals surface area contributed by atoms with Crippen LogP contribution >= 0.6 is 15.8 Å². The van der Waals surface area contributed by atoms with Gasteiger partial charge in [-0.3, -0.25) is 0 Å². The maximum Gasteiger partial charge on any atom is 0.143 e. The molecule has 5 rings (SSSR count). The summed E-state index contributed by atoms with van der Waals surface area (Å²) in [5, 5.41) is 8.48. The van der Waals surface area contributed by atoms with Gasteiger partial charge in [0.1, 0.15) is 11.2 Å². The van der Waals surface area contributed by atoms with Gasteiger partial charge >= 0.3 is 0 Å². The quantitative estimate of drug-likeness (QED) is 0.299. The Kier molecular flexibility index (Phi) is 6.74. The van der Waals surface area contributed by atoms with Crippen LogP contribution in [0.25, 0.3) is 21.9 Å². The predicted molar refractivity (Wildman–Crippen MR) is 150 cm³/mol. The number of para-hydroxylation sites is 2. The number of allylic oxidation sites excluding steroid dienone is 8. The summed E-state index contributed by atoms with van der Waals surface area (Å²) in [4.78, 5) is 0. The highest BCUT2D eigenvalue weighted by atomic mass is 31.1. The molecule has 1 aromatic heterocycles. The van der Waals surface area contributed by atoms with E-state index in [-0.39, 0.29) is 7.92 Å². The van der Waals surface area contributed by atoms with Crippen LogP contribution < -0.4 is 10.6 Å². The zero-order valence-electron chi connectivity index (χ0n) is 20.2. The smallest absolute Gasteiger partial charge is 0.143 e. The fourth-order valence-electron chi connectivity index (χ4n) is 5.07. The summed E-state index contributed by atoms with van der Waals surface area (Å²) in [5.41, 5.74) is 2.25. The van der Waals surface area contributed by atoms with Crippen molar-refractivity contribution in [2.75, 3.05) is 12.3 Å². The monoisotopic (exact) mass is 472 g/mol. The Labute approximate surface area is 200 Å². The maximum absolute atomic E-state index is 6.90. The topological polar surface area (TPSA) is 13.1 Å². The molecule has 2 aromatic carbocycles. The number of benzene rings is 2. The summed E-state index contributed by atoms with van der Waals surface area (Å²) >= 11 is 0. The first-order chi connectivity index (χ1) is 16.0. The van der Waals surface area contributed by atoms with E-state index in [9.17, 15) is 0 Å². The summed E-state index contributed by atoms with van der Waals surface area (Å²) < 4.78 is 6.90. The predicted octanol–water partition coefficient (Wildman–Crippen LogP) is 8.80. The Morgan fingerprint density at radius 3 is 1.73 bits per heavy atom. The van der Waals surface area contributed by atoms with Crippen LogP contribution in [0.4, 0.5) is 0 Å². The summed E-state index contributed by atoms with van der Waals surface area (Å²) in [5.74, 6) is 1.39. The minimum atomic E-state index is -0.539. The minimum Gasteiger partial charge on any atom is -0.455 e. The summed E-state index contributed by atoms with van der Waals surface area (Å²) in [7, 11) is -0.783. The molecule has 0 N–H and O–H groups in total. The number of fused-ring (bicyclic) bond motifs is 3. The second-order valence-electron chi connectivity index (χ2n) is 10.0. The SMILES string of the molecule is CC(C)CP(CC(C)C)c1cccc2c1oc1c(P(C3=CC=CC3)C3=CC=CC3)cccc12. The molecular formula is C30H34OP2. The highest BCUT2D eigenvalue weighted by molar-refractivity contribution is 7.74. The van der Waals surface area contributed by atoms with Gasteiger partial charge in [0.05, 0.1) is 0 Å². The van der Waals surface area contributed by atoms with Gasteiger partial charge < -0.3 is 4.42 Å². The van der Waals surface area contributed by atoms with Crippen LogP contribution in [-0.4, -0.2) is 12.3 Å². The van der Waals surface area contributed by atoms with Crippen molar-refractivity contribution in [3.63, 3.8) is 0 Å². The Morgan fingerprint density at radius 1 is 0.727 bits per heavy atom. The average molecular weight is 473 g/mol. The van der Waals surface area contributed by atoms with Crippen molar-refractivity contribution in [2.24, 2.45) is 11.8 Å². The minimum absolute atomic E-state index is 0.245. The van der Waals surface area contributed by atoms with E-state index in [4.69, 9.17) is 4.42 Å². The van der Waals surface area contributed by atoms with Crippen molar-refractivity contribution < 1.29 is 4.42 Å². The Balaban J connectivity index is 1.68. The molecule has 0 unspecified atom stereocenters. The van der Waals surface area contributed by atoms with Gasteiger partial charge in [-0.25, -0.2) is 0 Å². The van der Waals surface area contributed by atoms with Gasteiger partial charge in [0.25, 0.3) is 0 Å². The molecule has 1 heterocycles.